The van der Waals surface area contributed by atoms with E-state index in [4.69, 9.17) is 4.42 Å². The fourth-order valence-corrected chi connectivity index (χ4v) is 2.99. The van der Waals surface area contributed by atoms with Gasteiger partial charge in [0.1, 0.15) is 29.7 Å². The SMILES string of the molecule is O=C(NCc1ccc(-c2ccc(F)cc2)o1)[C@@H](Cc1ccccc1)n1cnnn1. The molecule has 1 atom stereocenters. The van der Waals surface area contributed by atoms with E-state index in [9.17, 15) is 9.18 Å². The van der Waals surface area contributed by atoms with Gasteiger partial charge < -0.3 is 9.73 Å². The average Bonchev–Trinajstić information content (AvgIpc) is 3.44. The lowest BCUT2D eigenvalue weighted by molar-refractivity contribution is -0.124. The Morgan fingerprint density at radius 3 is 2.59 bits per heavy atom. The molecular formula is C21H18FN5O2. The highest BCUT2D eigenvalue weighted by Crippen LogP contribution is 2.22. The number of carbonyl (C=O) groups is 1. The molecule has 146 valence electrons. The molecule has 0 saturated heterocycles. The summed E-state index contributed by atoms with van der Waals surface area (Å²) in [6, 6.07) is 18.7. The summed E-state index contributed by atoms with van der Waals surface area (Å²) in [5.41, 5.74) is 1.76. The van der Waals surface area contributed by atoms with Crippen molar-refractivity contribution in [3.63, 3.8) is 0 Å². The first-order chi connectivity index (χ1) is 14.2. The molecule has 4 aromatic rings. The number of rotatable bonds is 7. The van der Waals surface area contributed by atoms with E-state index in [1.54, 1.807) is 24.3 Å². The topological polar surface area (TPSA) is 85.8 Å². The van der Waals surface area contributed by atoms with Gasteiger partial charge in [-0.05, 0) is 52.4 Å². The third-order valence-electron chi connectivity index (χ3n) is 4.49. The standard InChI is InChI=1S/C21H18FN5O2/c22-17-8-6-16(7-9-17)20-11-10-18(29-20)13-23-21(28)19(27-14-24-25-26-27)12-15-4-2-1-3-5-15/h1-11,14,19H,12-13H2,(H,23,28)/t19-/m1/s1. The monoisotopic (exact) mass is 391 g/mol. The van der Waals surface area contributed by atoms with Crippen LogP contribution in [-0.2, 0) is 17.8 Å². The van der Waals surface area contributed by atoms with Crippen LogP contribution in [0.15, 0.2) is 77.5 Å². The highest BCUT2D eigenvalue weighted by Gasteiger charge is 2.22. The Kier molecular flexibility index (Phi) is 5.42. The Bertz CT molecular complexity index is 1060. The van der Waals surface area contributed by atoms with Gasteiger partial charge in [0.2, 0.25) is 5.91 Å². The molecule has 0 fully saturated rings. The van der Waals surface area contributed by atoms with E-state index in [0.29, 0.717) is 17.9 Å². The molecule has 0 saturated carbocycles. The fraction of sp³-hybridized carbons (Fsp3) is 0.143. The van der Waals surface area contributed by atoms with Gasteiger partial charge in [-0.2, -0.15) is 0 Å². The maximum atomic E-state index is 13.1. The van der Waals surface area contributed by atoms with Crippen LogP contribution >= 0.6 is 0 Å². The Morgan fingerprint density at radius 1 is 1.07 bits per heavy atom. The lowest BCUT2D eigenvalue weighted by Crippen LogP contribution is -2.33. The minimum atomic E-state index is -0.584. The van der Waals surface area contributed by atoms with Crippen molar-refractivity contribution in [1.29, 1.82) is 0 Å². The molecule has 0 bridgehead atoms. The Balaban J connectivity index is 1.43. The van der Waals surface area contributed by atoms with Gasteiger partial charge in [-0.3, -0.25) is 4.79 Å². The van der Waals surface area contributed by atoms with Crippen LogP contribution in [0, 0.1) is 5.82 Å². The molecule has 0 aliphatic carbocycles. The summed E-state index contributed by atoms with van der Waals surface area (Å²) >= 11 is 0. The maximum Gasteiger partial charge on any atom is 0.245 e. The number of hydrogen-bond donors (Lipinski definition) is 1. The zero-order valence-electron chi connectivity index (χ0n) is 15.4. The van der Waals surface area contributed by atoms with Crippen LogP contribution in [0.5, 0.6) is 0 Å². The average molecular weight is 391 g/mol. The van der Waals surface area contributed by atoms with Gasteiger partial charge in [0.05, 0.1) is 6.54 Å². The lowest BCUT2D eigenvalue weighted by atomic mass is 10.1. The van der Waals surface area contributed by atoms with Gasteiger partial charge in [-0.15, -0.1) is 5.10 Å². The number of nitrogens with zero attached hydrogens (tertiary/aromatic N) is 4. The maximum absolute atomic E-state index is 13.1. The summed E-state index contributed by atoms with van der Waals surface area (Å²) < 4.78 is 20.3. The number of tetrazole rings is 1. The largest absolute Gasteiger partial charge is 0.459 e. The zero-order valence-corrected chi connectivity index (χ0v) is 15.4. The smallest absolute Gasteiger partial charge is 0.245 e. The highest BCUT2D eigenvalue weighted by atomic mass is 19.1. The van der Waals surface area contributed by atoms with Gasteiger partial charge >= 0.3 is 0 Å². The van der Waals surface area contributed by atoms with E-state index in [0.717, 1.165) is 11.1 Å². The molecular weight excluding hydrogens is 373 g/mol. The second-order valence-electron chi connectivity index (χ2n) is 6.49. The molecule has 29 heavy (non-hydrogen) atoms. The molecule has 8 heteroatoms. The number of furan rings is 1. The number of hydrogen-bond acceptors (Lipinski definition) is 5. The van der Waals surface area contributed by atoms with Crippen molar-refractivity contribution in [2.45, 2.75) is 19.0 Å². The molecule has 0 aliphatic heterocycles. The first kappa shape index (κ1) is 18.5. The van der Waals surface area contributed by atoms with Crippen molar-refractivity contribution in [2.75, 3.05) is 0 Å². The molecule has 7 nitrogen and oxygen atoms in total. The Morgan fingerprint density at radius 2 is 1.86 bits per heavy atom. The second kappa shape index (κ2) is 8.47. The molecule has 4 rings (SSSR count). The third kappa shape index (κ3) is 4.55. The van der Waals surface area contributed by atoms with Gasteiger partial charge in [0, 0.05) is 12.0 Å². The number of halogens is 1. The summed E-state index contributed by atoms with van der Waals surface area (Å²) in [4.78, 5) is 12.8. The summed E-state index contributed by atoms with van der Waals surface area (Å²) in [7, 11) is 0. The normalized spacial score (nSPS) is 11.9. The molecule has 1 amide bonds. The van der Waals surface area contributed by atoms with Crippen LogP contribution < -0.4 is 5.32 Å². The highest BCUT2D eigenvalue weighted by molar-refractivity contribution is 5.80. The van der Waals surface area contributed by atoms with Gasteiger partial charge in [-0.25, -0.2) is 9.07 Å². The van der Waals surface area contributed by atoms with Crippen LogP contribution in [0.2, 0.25) is 0 Å². The Labute approximate surface area is 166 Å². The van der Waals surface area contributed by atoms with Gasteiger partial charge in [-0.1, -0.05) is 30.3 Å². The second-order valence-corrected chi connectivity index (χ2v) is 6.49. The first-order valence-corrected chi connectivity index (χ1v) is 9.08. The quantitative estimate of drug-likeness (QED) is 0.523. The van der Waals surface area contributed by atoms with Gasteiger partial charge in [0.25, 0.3) is 0 Å². The molecule has 1 N–H and O–H groups in total. The molecule has 0 unspecified atom stereocenters. The lowest BCUT2D eigenvalue weighted by Gasteiger charge is -2.16. The van der Waals surface area contributed by atoms with Crippen molar-refractivity contribution in [1.82, 2.24) is 25.5 Å². The van der Waals surface area contributed by atoms with Crippen molar-refractivity contribution in [2.24, 2.45) is 0 Å². The summed E-state index contributed by atoms with van der Waals surface area (Å²) in [6.45, 7) is 0.216. The van der Waals surface area contributed by atoms with Gasteiger partial charge in [0.15, 0.2) is 0 Å². The van der Waals surface area contributed by atoms with Crippen LogP contribution in [0.4, 0.5) is 4.39 Å². The minimum Gasteiger partial charge on any atom is -0.459 e. The van der Waals surface area contributed by atoms with Crippen LogP contribution in [0.1, 0.15) is 17.4 Å². The van der Waals surface area contributed by atoms with E-state index in [-0.39, 0.29) is 18.3 Å². The predicted octanol–water partition coefficient (Wildman–Crippen LogP) is 3.17. The number of carbonyl (C=O) groups excluding carboxylic acids is 1. The number of aromatic nitrogens is 4. The summed E-state index contributed by atoms with van der Waals surface area (Å²) in [5, 5.41) is 14.0. The van der Waals surface area contributed by atoms with Crippen LogP contribution in [0.25, 0.3) is 11.3 Å². The molecule has 0 radical (unpaired) electrons. The fourth-order valence-electron chi connectivity index (χ4n) is 2.99. The third-order valence-corrected chi connectivity index (χ3v) is 4.49. The number of amides is 1. The molecule has 0 aliphatic rings. The van der Waals surface area contributed by atoms with E-state index in [2.05, 4.69) is 20.8 Å². The molecule has 2 aromatic carbocycles. The van der Waals surface area contributed by atoms with E-state index >= 15 is 0 Å². The van der Waals surface area contributed by atoms with Crippen LogP contribution in [-0.4, -0.2) is 26.1 Å². The van der Waals surface area contributed by atoms with E-state index in [1.807, 2.05) is 30.3 Å². The number of nitrogens with one attached hydrogen (secondary N) is 1. The van der Waals surface area contributed by atoms with Crippen molar-refractivity contribution >= 4 is 5.91 Å². The molecule has 2 heterocycles. The summed E-state index contributed by atoms with van der Waals surface area (Å²) in [6.07, 6.45) is 1.88. The van der Waals surface area contributed by atoms with Crippen molar-refractivity contribution < 1.29 is 13.6 Å². The van der Waals surface area contributed by atoms with E-state index < -0.39 is 6.04 Å². The van der Waals surface area contributed by atoms with E-state index in [1.165, 1.54) is 23.1 Å². The minimum absolute atomic E-state index is 0.216. The first-order valence-electron chi connectivity index (χ1n) is 9.08. The van der Waals surface area contributed by atoms with Crippen LogP contribution in [0.3, 0.4) is 0 Å². The number of benzene rings is 2. The zero-order chi connectivity index (χ0) is 20.1. The molecule has 2 aromatic heterocycles. The Hall–Kier alpha value is -3.81. The predicted molar refractivity (Wildman–Crippen MR) is 103 cm³/mol. The van der Waals surface area contributed by atoms with Crippen molar-refractivity contribution in [3.8, 4) is 11.3 Å². The van der Waals surface area contributed by atoms with Crippen molar-refractivity contribution in [3.05, 3.63) is 90.2 Å². The molecule has 0 spiro atoms. The summed E-state index contributed by atoms with van der Waals surface area (Å²) in [5.74, 6) is 0.671.